The molecule has 0 amide bonds. The van der Waals surface area contributed by atoms with E-state index in [2.05, 4.69) is 4.90 Å². The van der Waals surface area contributed by atoms with Crippen LogP contribution in [0.5, 0.6) is 5.75 Å². The number of carbonyl (C=O) groups is 3. The number of esters is 1. The zero-order chi connectivity index (χ0) is 23.9. The SMILES string of the molecule is CCC(=O)C(CCCCCCc1ccc(OC(=O)CCCN2CCOCC2)cc1)C(=O)CC.Cl. The van der Waals surface area contributed by atoms with Gasteiger partial charge < -0.3 is 9.47 Å². The molecule has 0 saturated carbocycles. The van der Waals surface area contributed by atoms with Crippen LogP contribution in [0.4, 0.5) is 0 Å². The number of morpholine rings is 1. The highest BCUT2D eigenvalue weighted by Crippen LogP contribution is 2.18. The predicted molar refractivity (Wildman–Crippen MR) is 137 cm³/mol. The molecule has 1 saturated heterocycles. The van der Waals surface area contributed by atoms with Crippen molar-refractivity contribution < 1.29 is 23.9 Å². The third-order valence-corrected chi connectivity index (χ3v) is 6.30. The molecule has 1 aromatic carbocycles. The molecule has 0 unspecified atom stereocenters. The van der Waals surface area contributed by atoms with Crippen molar-refractivity contribution in [3.8, 4) is 5.75 Å². The van der Waals surface area contributed by atoms with Crippen molar-refractivity contribution in [2.24, 2.45) is 5.92 Å². The first kappa shape index (κ1) is 30.3. The average Bonchev–Trinajstić information content (AvgIpc) is 2.84. The Labute approximate surface area is 211 Å². The smallest absolute Gasteiger partial charge is 0.311 e. The number of ether oxygens (including phenoxy) is 2. The first-order chi connectivity index (χ1) is 16.0. The van der Waals surface area contributed by atoms with E-state index in [0.717, 1.165) is 71.4 Å². The van der Waals surface area contributed by atoms with Gasteiger partial charge in [0.1, 0.15) is 17.3 Å². The van der Waals surface area contributed by atoms with Crippen LogP contribution in [0.1, 0.15) is 77.2 Å². The van der Waals surface area contributed by atoms with Gasteiger partial charge >= 0.3 is 5.97 Å². The lowest BCUT2D eigenvalue weighted by molar-refractivity contribution is -0.135. The number of benzene rings is 1. The van der Waals surface area contributed by atoms with Gasteiger partial charge in [0.2, 0.25) is 0 Å². The minimum atomic E-state index is -0.394. The Morgan fingerprint density at radius 2 is 1.53 bits per heavy atom. The lowest BCUT2D eigenvalue weighted by Crippen LogP contribution is -2.37. The summed E-state index contributed by atoms with van der Waals surface area (Å²) in [5.41, 5.74) is 1.22. The fourth-order valence-corrected chi connectivity index (χ4v) is 4.20. The zero-order valence-electron chi connectivity index (χ0n) is 20.9. The number of ketones is 2. The molecule has 2 rings (SSSR count). The third kappa shape index (κ3) is 11.6. The number of carbonyl (C=O) groups excluding carboxylic acids is 3. The lowest BCUT2D eigenvalue weighted by atomic mass is 9.90. The van der Waals surface area contributed by atoms with Crippen LogP contribution in [0, 0.1) is 5.92 Å². The number of aryl methyl sites for hydroxylation is 1. The Morgan fingerprint density at radius 3 is 2.15 bits per heavy atom. The van der Waals surface area contributed by atoms with Crippen LogP contribution in [0.3, 0.4) is 0 Å². The topological polar surface area (TPSA) is 72.9 Å². The molecule has 0 radical (unpaired) electrons. The van der Waals surface area contributed by atoms with Gasteiger partial charge in [-0.15, -0.1) is 12.4 Å². The van der Waals surface area contributed by atoms with Crippen LogP contribution in [-0.2, 0) is 25.5 Å². The first-order valence-electron chi connectivity index (χ1n) is 12.7. The van der Waals surface area contributed by atoms with E-state index in [0.29, 0.717) is 31.4 Å². The van der Waals surface area contributed by atoms with Gasteiger partial charge in [0.05, 0.1) is 19.1 Å². The molecule has 1 fully saturated rings. The van der Waals surface area contributed by atoms with Gasteiger partial charge in [-0.1, -0.05) is 45.2 Å². The Morgan fingerprint density at radius 1 is 0.912 bits per heavy atom. The standard InChI is InChI=1S/C27H41NO5.ClH/c1-3-25(29)24(26(30)4-2)11-8-6-5-7-10-22-13-15-23(16-14-22)33-27(31)12-9-17-28-18-20-32-21-19-28;/h13-16,24H,3-12,17-21H2,1-2H3;1H. The summed E-state index contributed by atoms with van der Waals surface area (Å²) < 4.78 is 10.8. The fourth-order valence-electron chi connectivity index (χ4n) is 4.20. The largest absolute Gasteiger partial charge is 0.427 e. The van der Waals surface area contributed by atoms with E-state index in [1.165, 1.54) is 5.56 Å². The zero-order valence-corrected chi connectivity index (χ0v) is 21.7. The van der Waals surface area contributed by atoms with Crippen molar-refractivity contribution >= 4 is 29.9 Å². The van der Waals surface area contributed by atoms with Gasteiger partial charge in [-0.2, -0.15) is 0 Å². The molecular weight excluding hydrogens is 454 g/mol. The second-order valence-electron chi connectivity index (χ2n) is 8.82. The molecule has 0 aliphatic carbocycles. The van der Waals surface area contributed by atoms with E-state index in [-0.39, 0.29) is 29.9 Å². The molecule has 6 nitrogen and oxygen atoms in total. The maximum atomic E-state index is 12.1. The summed E-state index contributed by atoms with van der Waals surface area (Å²) >= 11 is 0. The molecule has 1 aliphatic heterocycles. The van der Waals surface area contributed by atoms with Gasteiger partial charge in [-0.25, -0.2) is 0 Å². The minimum absolute atomic E-state index is 0. The van der Waals surface area contributed by atoms with E-state index in [1.54, 1.807) is 0 Å². The Hall–Kier alpha value is -1.76. The number of hydrogen-bond donors (Lipinski definition) is 0. The number of hydrogen-bond acceptors (Lipinski definition) is 6. The monoisotopic (exact) mass is 495 g/mol. The van der Waals surface area contributed by atoms with Crippen LogP contribution < -0.4 is 4.74 Å². The molecule has 0 aromatic heterocycles. The van der Waals surface area contributed by atoms with Crippen molar-refractivity contribution in [3.05, 3.63) is 29.8 Å². The molecular formula is C27H42ClNO5. The van der Waals surface area contributed by atoms with Crippen molar-refractivity contribution in [2.45, 2.75) is 78.1 Å². The lowest BCUT2D eigenvalue weighted by Gasteiger charge is -2.26. The molecule has 0 atom stereocenters. The van der Waals surface area contributed by atoms with Crippen molar-refractivity contribution in [3.63, 3.8) is 0 Å². The molecule has 0 spiro atoms. The summed E-state index contributed by atoms with van der Waals surface area (Å²) in [5, 5.41) is 0. The second kappa shape index (κ2) is 17.6. The maximum absolute atomic E-state index is 12.1. The predicted octanol–water partition coefficient (Wildman–Crippen LogP) is 5.19. The summed E-state index contributed by atoms with van der Waals surface area (Å²) in [7, 11) is 0. The number of rotatable bonds is 16. The van der Waals surface area contributed by atoms with E-state index in [9.17, 15) is 14.4 Å². The van der Waals surface area contributed by atoms with E-state index < -0.39 is 5.92 Å². The average molecular weight is 496 g/mol. The molecule has 0 bridgehead atoms. The van der Waals surface area contributed by atoms with Crippen LogP contribution in [0.25, 0.3) is 0 Å². The maximum Gasteiger partial charge on any atom is 0.311 e. The number of Topliss-reactive ketones (excluding diaryl/α,β-unsaturated/α-hetero) is 2. The first-order valence-corrected chi connectivity index (χ1v) is 12.7. The summed E-state index contributed by atoms with van der Waals surface area (Å²) in [6, 6.07) is 7.78. The summed E-state index contributed by atoms with van der Waals surface area (Å²) in [4.78, 5) is 38.3. The third-order valence-electron chi connectivity index (χ3n) is 6.30. The van der Waals surface area contributed by atoms with Gasteiger partial charge in [0, 0.05) is 32.4 Å². The Bertz CT molecular complexity index is 715. The second-order valence-corrected chi connectivity index (χ2v) is 8.82. The molecule has 7 heteroatoms. The van der Waals surface area contributed by atoms with Gasteiger partial charge in [-0.3, -0.25) is 19.3 Å². The number of unbranched alkanes of at least 4 members (excludes halogenated alkanes) is 3. The normalized spacial score (nSPS) is 14.0. The summed E-state index contributed by atoms with van der Waals surface area (Å²) in [5.74, 6) is 0.189. The molecule has 34 heavy (non-hydrogen) atoms. The van der Waals surface area contributed by atoms with Crippen LogP contribution >= 0.6 is 12.4 Å². The Balaban J connectivity index is 0.00000578. The highest BCUT2D eigenvalue weighted by Gasteiger charge is 2.22. The highest BCUT2D eigenvalue weighted by atomic mass is 35.5. The van der Waals surface area contributed by atoms with Crippen LogP contribution in [-0.4, -0.2) is 55.3 Å². The molecule has 192 valence electrons. The number of halogens is 1. The van der Waals surface area contributed by atoms with Crippen molar-refractivity contribution in [1.82, 2.24) is 4.90 Å². The van der Waals surface area contributed by atoms with Crippen molar-refractivity contribution in [2.75, 3.05) is 32.8 Å². The van der Waals surface area contributed by atoms with Crippen LogP contribution in [0.15, 0.2) is 24.3 Å². The quantitative estimate of drug-likeness (QED) is 0.136. The van der Waals surface area contributed by atoms with Gasteiger partial charge in [0.15, 0.2) is 0 Å². The van der Waals surface area contributed by atoms with Crippen LogP contribution in [0.2, 0.25) is 0 Å². The summed E-state index contributed by atoms with van der Waals surface area (Å²) in [6.45, 7) is 7.99. The van der Waals surface area contributed by atoms with E-state index >= 15 is 0 Å². The summed E-state index contributed by atoms with van der Waals surface area (Å²) in [6.07, 6.45) is 7.86. The fraction of sp³-hybridized carbons (Fsp3) is 0.667. The number of nitrogens with zero attached hydrogens (tertiary/aromatic N) is 1. The highest BCUT2D eigenvalue weighted by molar-refractivity contribution is 6.02. The molecule has 1 aliphatic rings. The van der Waals surface area contributed by atoms with E-state index in [4.69, 9.17) is 9.47 Å². The molecule has 1 aromatic rings. The van der Waals surface area contributed by atoms with Gasteiger partial charge in [0.25, 0.3) is 0 Å². The Kier molecular flexibility index (Phi) is 15.7. The van der Waals surface area contributed by atoms with Gasteiger partial charge in [-0.05, 0) is 49.9 Å². The molecule has 1 heterocycles. The minimum Gasteiger partial charge on any atom is -0.427 e. The van der Waals surface area contributed by atoms with E-state index in [1.807, 2.05) is 38.1 Å². The van der Waals surface area contributed by atoms with Crippen molar-refractivity contribution in [1.29, 1.82) is 0 Å². The molecule has 0 N–H and O–H groups in total.